The van der Waals surface area contributed by atoms with E-state index in [4.69, 9.17) is 0 Å². The number of hydrogen-bond acceptors (Lipinski definition) is 3. The number of nitrogens with one attached hydrogen (secondary N) is 2. The molecule has 19 heavy (non-hydrogen) atoms. The molecule has 0 aromatic carbocycles. The van der Waals surface area contributed by atoms with Gasteiger partial charge in [-0.2, -0.15) is 12.7 Å². The Kier molecular flexibility index (Phi) is 7.90. The molecule has 0 aromatic rings. The molecule has 5 nitrogen and oxygen atoms in total. The van der Waals surface area contributed by atoms with E-state index >= 15 is 0 Å². The van der Waals surface area contributed by atoms with Crippen molar-refractivity contribution in [2.75, 3.05) is 33.2 Å². The number of piperidine rings is 1. The number of hydrogen-bond donors (Lipinski definition) is 2. The molecule has 0 bridgehead atoms. The smallest absolute Gasteiger partial charge is 0.279 e. The van der Waals surface area contributed by atoms with Gasteiger partial charge in [-0.25, -0.2) is 4.72 Å². The summed E-state index contributed by atoms with van der Waals surface area (Å²) in [5.41, 5.74) is 0. The second kappa shape index (κ2) is 8.89. The van der Waals surface area contributed by atoms with E-state index in [0.717, 1.165) is 32.2 Å². The summed E-state index contributed by atoms with van der Waals surface area (Å²) < 4.78 is 28.7. The van der Waals surface area contributed by atoms with Crippen molar-refractivity contribution in [1.29, 1.82) is 0 Å². The molecular weight excluding hydrogens is 262 g/mol. The minimum Gasteiger partial charge on any atom is -0.319 e. The van der Waals surface area contributed by atoms with E-state index in [9.17, 15) is 8.42 Å². The first kappa shape index (κ1) is 16.9. The molecule has 1 rings (SSSR count). The van der Waals surface area contributed by atoms with Crippen LogP contribution in [0.1, 0.15) is 45.4 Å². The summed E-state index contributed by atoms with van der Waals surface area (Å²) in [6.45, 7) is 4.91. The Labute approximate surface area is 118 Å². The largest absolute Gasteiger partial charge is 0.319 e. The molecule has 0 saturated carbocycles. The monoisotopic (exact) mass is 291 g/mol. The molecule has 1 aliphatic heterocycles. The molecular formula is C13H29N3O2S. The number of rotatable bonds is 9. The van der Waals surface area contributed by atoms with Gasteiger partial charge in [0, 0.05) is 19.6 Å². The zero-order valence-electron chi connectivity index (χ0n) is 12.3. The van der Waals surface area contributed by atoms with E-state index in [0.29, 0.717) is 25.6 Å². The molecule has 1 unspecified atom stereocenters. The van der Waals surface area contributed by atoms with E-state index < -0.39 is 10.2 Å². The van der Waals surface area contributed by atoms with E-state index in [1.165, 1.54) is 12.8 Å². The second-order valence-electron chi connectivity index (χ2n) is 5.38. The van der Waals surface area contributed by atoms with Crippen LogP contribution in [0, 0.1) is 5.92 Å². The zero-order chi connectivity index (χ0) is 14.1. The van der Waals surface area contributed by atoms with Gasteiger partial charge in [0.25, 0.3) is 10.2 Å². The van der Waals surface area contributed by atoms with Crippen LogP contribution in [0.3, 0.4) is 0 Å². The third kappa shape index (κ3) is 6.21. The molecule has 1 fully saturated rings. The third-order valence-corrected chi connectivity index (χ3v) is 5.21. The van der Waals surface area contributed by atoms with Crippen molar-refractivity contribution in [1.82, 2.24) is 14.3 Å². The molecule has 0 aromatic heterocycles. The van der Waals surface area contributed by atoms with Crippen LogP contribution in [0.25, 0.3) is 0 Å². The van der Waals surface area contributed by atoms with E-state index in [1.807, 2.05) is 7.05 Å². The molecule has 1 aliphatic rings. The van der Waals surface area contributed by atoms with Crippen molar-refractivity contribution in [3.8, 4) is 0 Å². The van der Waals surface area contributed by atoms with Crippen molar-refractivity contribution < 1.29 is 8.42 Å². The van der Waals surface area contributed by atoms with Crippen LogP contribution in [0.4, 0.5) is 0 Å². The molecule has 0 radical (unpaired) electrons. The lowest BCUT2D eigenvalue weighted by Gasteiger charge is -2.31. The van der Waals surface area contributed by atoms with Gasteiger partial charge in [-0.05, 0) is 38.8 Å². The van der Waals surface area contributed by atoms with Crippen LogP contribution in [-0.2, 0) is 10.2 Å². The molecule has 0 aliphatic carbocycles. The standard InChI is InChI=1S/C13H29N3O2S/c1-3-4-5-6-9-15-19(17,18)16-10-7-8-13(12-16)11-14-2/h13-15H,3-12H2,1-2H3. The zero-order valence-corrected chi connectivity index (χ0v) is 13.1. The average molecular weight is 291 g/mol. The number of nitrogens with zero attached hydrogens (tertiary/aromatic N) is 1. The van der Waals surface area contributed by atoms with Crippen LogP contribution < -0.4 is 10.0 Å². The first-order chi connectivity index (χ1) is 9.10. The number of unbranched alkanes of at least 4 members (excludes halogenated alkanes) is 3. The van der Waals surface area contributed by atoms with E-state index in [-0.39, 0.29) is 0 Å². The summed E-state index contributed by atoms with van der Waals surface area (Å²) in [5, 5.41) is 3.13. The maximum absolute atomic E-state index is 12.2. The molecule has 1 atom stereocenters. The summed E-state index contributed by atoms with van der Waals surface area (Å²) in [7, 11) is -1.35. The van der Waals surface area contributed by atoms with Gasteiger partial charge in [-0.1, -0.05) is 26.2 Å². The van der Waals surface area contributed by atoms with Crippen LogP contribution in [0.15, 0.2) is 0 Å². The summed E-state index contributed by atoms with van der Waals surface area (Å²) in [4.78, 5) is 0. The lowest BCUT2D eigenvalue weighted by atomic mass is 10.00. The lowest BCUT2D eigenvalue weighted by molar-refractivity contribution is 0.261. The highest BCUT2D eigenvalue weighted by atomic mass is 32.2. The van der Waals surface area contributed by atoms with Gasteiger partial charge in [0.15, 0.2) is 0 Å². The van der Waals surface area contributed by atoms with Crippen LogP contribution in [0.2, 0.25) is 0 Å². The van der Waals surface area contributed by atoms with Crippen molar-refractivity contribution >= 4 is 10.2 Å². The minimum absolute atomic E-state index is 0.440. The van der Waals surface area contributed by atoms with Gasteiger partial charge >= 0.3 is 0 Å². The first-order valence-corrected chi connectivity index (χ1v) is 8.93. The van der Waals surface area contributed by atoms with Crippen molar-refractivity contribution in [2.45, 2.75) is 45.4 Å². The molecule has 2 N–H and O–H groups in total. The van der Waals surface area contributed by atoms with E-state index in [2.05, 4.69) is 17.0 Å². The lowest BCUT2D eigenvalue weighted by Crippen LogP contribution is -2.47. The quantitative estimate of drug-likeness (QED) is 0.630. The molecule has 0 spiro atoms. The second-order valence-corrected chi connectivity index (χ2v) is 7.14. The van der Waals surface area contributed by atoms with Crippen LogP contribution >= 0.6 is 0 Å². The topological polar surface area (TPSA) is 61.4 Å². The SMILES string of the molecule is CCCCCCNS(=O)(=O)N1CCCC(CNC)C1. The Morgan fingerprint density at radius 3 is 2.74 bits per heavy atom. The Balaban J connectivity index is 2.34. The summed E-state index contributed by atoms with van der Waals surface area (Å²) in [6.07, 6.45) is 6.45. The highest BCUT2D eigenvalue weighted by Gasteiger charge is 2.27. The van der Waals surface area contributed by atoms with Gasteiger partial charge in [-0.3, -0.25) is 0 Å². The highest BCUT2D eigenvalue weighted by molar-refractivity contribution is 7.87. The Morgan fingerprint density at radius 2 is 2.05 bits per heavy atom. The fraction of sp³-hybridized carbons (Fsp3) is 1.00. The predicted octanol–water partition coefficient (Wildman–Crippen LogP) is 1.33. The van der Waals surface area contributed by atoms with Gasteiger partial charge in [-0.15, -0.1) is 0 Å². The van der Waals surface area contributed by atoms with Crippen LogP contribution in [0.5, 0.6) is 0 Å². The molecule has 1 saturated heterocycles. The molecule has 6 heteroatoms. The van der Waals surface area contributed by atoms with E-state index in [1.54, 1.807) is 4.31 Å². The maximum atomic E-state index is 12.2. The maximum Gasteiger partial charge on any atom is 0.279 e. The normalized spacial score (nSPS) is 21.7. The summed E-state index contributed by atoms with van der Waals surface area (Å²) in [6, 6.07) is 0. The Bertz CT molecular complexity index is 331. The summed E-state index contributed by atoms with van der Waals surface area (Å²) >= 11 is 0. The van der Waals surface area contributed by atoms with Gasteiger partial charge in [0.2, 0.25) is 0 Å². The molecule has 0 amide bonds. The van der Waals surface area contributed by atoms with Crippen molar-refractivity contribution in [3.63, 3.8) is 0 Å². The third-order valence-electron chi connectivity index (χ3n) is 3.63. The molecule has 114 valence electrons. The predicted molar refractivity (Wildman–Crippen MR) is 79.3 cm³/mol. The average Bonchev–Trinajstić information content (AvgIpc) is 2.39. The van der Waals surface area contributed by atoms with Crippen molar-refractivity contribution in [2.24, 2.45) is 5.92 Å². The van der Waals surface area contributed by atoms with Gasteiger partial charge < -0.3 is 5.32 Å². The fourth-order valence-corrected chi connectivity index (χ4v) is 3.91. The van der Waals surface area contributed by atoms with Crippen molar-refractivity contribution in [3.05, 3.63) is 0 Å². The van der Waals surface area contributed by atoms with Gasteiger partial charge in [0.1, 0.15) is 0 Å². The molecule has 1 heterocycles. The Hall–Kier alpha value is -0.170. The summed E-state index contributed by atoms with van der Waals surface area (Å²) in [5.74, 6) is 0.440. The Morgan fingerprint density at radius 1 is 1.26 bits per heavy atom. The van der Waals surface area contributed by atoms with Gasteiger partial charge in [0.05, 0.1) is 0 Å². The highest BCUT2D eigenvalue weighted by Crippen LogP contribution is 2.17. The van der Waals surface area contributed by atoms with Crippen LogP contribution in [-0.4, -0.2) is 45.9 Å². The fourth-order valence-electron chi connectivity index (χ4n) is 2.54. The minimum atomic E-state index is -3.27. The first-order valence-electron chi connectivity index (χ1n) is 7.49.